The van der Waals surface area contributed by atoms with E-state index in [9.17, 15) is 9.18 Å². The van der Waals surface area contributed by atoms with Gasteiger partial charge in [0.25, 0.3) is 5.91 Å². The Labute approximate surface area is 154 Å². The fourth-order valence-corrected chi connectivity index (χ4v) is 2.44. The highest BCUT2D eigenvalue weighted by atomic mass is 19.1. The smallest absolute Gasteiger partial charge is 0.271 e. The number of methoxy groups -OCH3 is 2. The van der Waals surface area contributed by atoms with Crippen LogP contribution in [0, 0.1) is 5.82 Å². The summed E-state index contributed by atoms with van der Waals surface area (Å²) in [7, 11) is 3.01. The van der Waals surface area contributed by atoms with Crippen molar-refractivity contribution in [2.45, 2.75) is 0 Å². The van der Waals surface area contributed by atoms with E-state index in [1.165, 1.54) is 32.6 Å². The molecule has 3 rings (SSSR count). The molecule has 8 heteroatoms. The summed E-state index contributed by atoms with van der Waals surface area (Å²) < 4.78 is 23.4. The molecular formula is C19H17FN4O3. The molecule has 1 amide bonds. The first-order chi connectivity index (χ1) is 13.1. The predicted molar refractivity (Wildman–Crippen MR) is 98.6 cm³/mol. The number of amides is 1. The molecule has 2 N–H and O–H groups in total. The number of aromatic amines is 1. The molecule has 0 spiro atoms. The predicted octanol–water partition coefficient (Wildman–Crippen LogP) is 3.00. The number of aromatic nitrogens is 2. The Morgan fingerprint density at radius 2 is 1.89 bits per heavy atom. The van der Waals surface area contributed by atoms with Gasteiger partial charge in [0, 0.05) is 16.7 Å². The topological polar surface area (TPSA) is 88.6 Å². The minimum Gasteiger partial charge on any atom is -0.493 e. The number of halogens is 1. The molecule has 2 aromatic carbocycles. The maximum absolute atomic E-state index is 13.1. The Morgan fingerprint density at radius 1 is 1.15 bits per heavy atom. The molecule has 0 bridgehead atoms. The Hall–Kier alpha value is -3.68. The van der Waals surface area contributed by atoms with E-state index in [1.54, 1.807) is 36.5 Å². The van der Waals surface area contributed by atoms with Crippen LogP contribution in [-0.4, -0.2) is 36.5 Å². The summed E-state index contributed by atoms with van der Waals surface area (Å²) in [5.74, 6) is 0.247. The molecule has 3 aromatic rings. The number of hydrazone groups is 1. The van der Waals surface area contributed by atoms with Crippen LogP contribution < -0.4 is 14.9 Å². The van der Waals surface area contributed by atoms with Gasteiger partial charge in [-0.3, -0.25) is 9.89 Å². The summed E-state index contributed by atoms with van der Waals surface area (Å²) in [6, 6.07) is 10.8. The largest absolute Gasteiger partial charge is 0.493 e. The summed E-state index contributed by atoms with van der Waals surface area (Å²) in [5.41, 5.74) is 4.88. The minimum atomic E-state index is -0.404. The van der Waals surface area contributed by atoms with Crippen LogP contribution in [0.15, 0.2) is 53.8 Å². The van der Waals surface area contributed by atoms with Crippen molar-refractivity contribution in [3.63, 3.8) is 0 Å². The number of ether oxygens (including phenoxy) is 2. The highest BCUT2D eigenvalue weighted by Crippen LogP contribution is 2.27. The second-order valence-electron chi connectivity index (χ2n) is 5.48. The summed E-state index contributed by atoms with van der Waals surface area (Å²) >= 11 is 0. The third-order valence-electron chi connectivity index (χ3n) is 3.82. The average Bonchev–Trinajstić information content (AvgIpc) is 3.16. The van der Waals surface area contributed by atoms with Crippen LogP contribution in [-0.2, 0) is 0 Å². The number of benzene rings is 2. The van der Waals surface area contributed by atoms with Gasteiger partial charge in [0.15, 0.2) is 11.5 Å². The van der Waals surface area contributed by atoms with Crippen LogP contribution in [0.4, 0.5) is 4.39 Å². The molecule has 1 aromatic heterocycles. The Kier molecular flexibility index (Phi) is 5.46. The number of hydrogen-bond donors (Lipinski definition) is 2. The van der Waals surface area contributed by atoms with Crippen LogP contribution in [0.3, 0.4) is 0 Å². The number of carbonyl (C=O) groups excluding carboxylic acids is 1. The second-order valence-corrected chi connectivity index (χ2v) is 5.48. The van der Waals surface area contributed by atoms with Crippen LogP contribution >= 0.6 is 0 Å². The summed E-state index contributed by atoms with van der Waals surface area (Å²) in [5, 5.41) is 10.8. The lowest BCUT2D eigenvalue weighted by atomic mass is 10.1. The summed E-state index contributed by atoms with van der Waals surface area (Å²) in [4.78, 5) is 12.2. The molecular weight excluding hydrogens is 351 g/mol. The van der Waals surface area contributed by atoms with Crippen LogP contribution in [0.5, 0.6) is 11.5 Å². The van der Waals surface area contributed by atoms with Crippen LogP contribution in [0.25, 0.3) is 11.3 Å². The van der Waals surface area contributed by atoms with E-state index in [2.05, 4.69) is 20.7 Å². The lowest BCUT2D eigenvalue weighted by Gasteiger charge is -2.08. The molecule has 0 saturated heterocycles. The molecule has 138 valence electrons. The Morgan fingerprint density at radius 3 is 2.59 bits per heavy atom. The van der Waals surface area contributed by atoms with E-state index in [4.69, 9.17) is 9.47 Å². The molecule has 7 nitrogen and oxygen atoms in total. The van der Waals surface area contributed by atoms with Crippen molar-refractivity contribution >= 4 is 12.1 Å². The van der Waals surface area contributed by atoms with Gasteiger partial charge in [0.1, 0.15) is 5.82 Å². The monoisotopic (exact) mass is 368 g/mol. The first-order valence-corrected chi connectivity index (χ1v) is 7.97. The molecule has 0 aliphatic carbocycles. The number of carbonyl (C=O) groups is 1. The normalized spacial score (nSPS) is 10.8. The molecule has 0 fully saturated rings. The Bertz CT molecular complexity index is 967. The van der Waals surface area contributed by atoms with Gasteiger partial charge in [0.2, 0.25) is 0 Å². The molecule has 0 radical (unpaired) electrons. The number of nitrogens with zero attached hydrogens (tertiary/aromatic N) is 2. The van der Waals surface area contributed by atoms with Crippen LogP contribution in [0.1, 0.15) is 15.9 Å². The first kappa shape index (κ1) is 18.1. The van der Waals surface area contributed by atoms with Crippen molar-refractivity contribution in [1.29, 1.82) is 0 Å². The highest BCUT2D eigenvalue weighted by molar-refractivity contribution is 5.96. The lowest BCUT2D eigenvalue weighted by molar-refractivity contribution is 0.0954. The fourth-order valence-electron chi connectivity index (χ4n) is 2.44. The van der Waals surface area contributed by atoms with E-state index in [0.717, 1.165) is 5.56 Å². The SMILES string of the molecule is COc1ccc(C(=O)N/N=C/c2cn[nH]c2-c2ccc(F)cc2)cc1OC. The molecule has 0 aliphatic rings. The van der Waals surface area contributed by atoms with Gasteiger partial charge in [-0.15, -0.1) is 0 Å². The van der Waals surface area contributed by atoms with E-state index >= 15 is 0 Å². The highest BCUT2D eigenvalue weighted by Gasteiger charge is 2.10. The van der Waals surface area contributed by atoms with Gasteiger partial charge in [-0.2, -0.15) is 10.2 Å². The van der Waals surface area contributed by atoms with Gasteiger partial charge in [-0.1, -0.05) is 0 Å². The van der Waals surface area contributed by atoms with Gasteiger partial charge in [0.05, 0.1) is 32.3 Å². The number of hydrogen-bond acceptors (Lipinski definition) is 5. The van der Waals surface area contributed by atoms with Crippen molar-refractivity contribution in [3.8, 4) is 22.8 Å². The summed E-state index contributed by atoms with van der Waals surface area (Å²) in [6.45, 7) is 0. The lowest BCUT2D eigenvalue weighted by Crippen LogP contribution is -2.17. The van der Waals surface area contributed by atoms with E-state index in [-0.39, 0.29) is 5.82 Å². The summed E-state index contributed by atoms with van der Waals surface area (Å²) in [6.07, 6.45) is 3.02. The van der Waals surface area contributed by atoms with Crippen molar-refractivity contribution in [3.05, 3.63) is 65.6 Å². The van der Waals surface area contributed by atoms with Gasteiger partial charge in [-0.05, 0) is 42.5 Å². The first-order valence-electron chi connectivity index (χ1n) is 7.97. The van der Waals surface area contributed by atoms with Gasteiger partial charge >= 0.3 is 0 Å². The van der Waals surface area contributed by atoms with E-state index < -0.39 is 5.91 Å². The zero-order valence-corrected chi connectivity index (χ0v) is 14.7. The minimum absolute atomic E-state index is 0.323. The quantitative estimate of drug-likeness (QED) is 0.517. The van der Waals surface area contributed by atoms with Gasteiger partial charge < -0.3 is 9.47 Å². The molecule has 1 heterocycles. The zero-order valence-electron chi connectivity index (χ0n) is 14.7. The average molecular weight is 368 g/mol. The third kappa shape index (κ3) is 4.12. The number of rotatable bonds is 6. The van der Waals surface area contributed by atoms with Crippen molar-refractivity contribution in [1.82, 2.24) is 15.6 Å². The van der Waals surface area contributed by atoms with Gasteiger partial charge in [-0.25, -0.2) is 9.82 Å². The third-order valence-corrected chi connectivity index (χ3v) is 3.82. The molecule has 0 aliphatic heterocycles. The molecule has 0 atom stereocenters. The second kappa shape index (κ2) is 8.13. The van der Waals surface area contributed by atoms with Crippen molar-refractivity contribution < 1.29 is 18.7 Å². The molecule has 0 saturated carbocycles. The molecule has 27 heavy (non-hydrogen) atoms. The number of nitrogens with one attached hydrogen (secondary N) is 2. The zero-order chi connectivity index (χ0) is 19.2. The van der Waals surface area contributed by atoms with Crippen molar-refractivity contribution in [2.24, 2.45) is 5.10 Å². The maximum atomic E-state index is 13.1. The Balaban J connectivity index is 1.72. The van der Waals surface area contributed by atoms with E-state index in [1.807, 2.05) is 0 Å². The standard InChI is InChI=1S/C19H17FN4O3/c1-26-16-8-5-13(9-17(16)27-2)19(25)24-22-11-14-10-21-23-18(14)12-3-6-15(20)7-4-12/h3-11H,1-2H3,(H,21,23)(H,24,25)/b22-11+. The molecule has 0 unspecified atom stereocenters. The van der Waals surface area contributed by atoms with Crippen LogP contribution in [0.2, 0.25) is 0 Å². The fraction of sp³-hybridized carbons (Fsp3) is 0.105. The van der Waals surface area contributed by atoms with E-state index in [0.29, 0.717) is 28.3 Å². The van der Waals surface area contributed by atoms with Crippen molar-refractivity contribution in [2.75, 3.05) is 14.2 Å². The number of H-pyrrole nitrogens is 1. The maximum Gasteiger partial charge on any atom is 0.271 e.